The summed E-state index contributed by atoms with van der Waals surface area (Å²) in [5.41, 5.74) is 1.04. The van der Waals surface area contributed by atoms with Crippen LogP contribution >= 0.6 is 11.6 Å². The normalized spacial score (nSPS) is 11.6. The van der Waals surface area contributed by atoms with E-state index < -0.39 is 12.7 Å². The SMILES string of the molecule is Cc1cnc(C)c(N(CCCl)CC(F)(F)F)n1. The van der Waals surface area contributed by atoms with Gasteiger partial charge < -0.3 is 4.90 Å². The van der Waals surface area contributed by atoms with Gasteiger partial charge in [-0.15, -0.1) is 11.6 Å². The number of halogens is 4. The maximum Gasteiger partial charge on any atom is 0.405 e. The molecule has 17 heavy (non-hydrogen) atoms. The van der Waals surface area contributed by atoms with Crippen LogP contribution in [0.2, 0.25) is 0 Å². The highest BCUT2D eigenvalue weighted by Gasteiger charge is 2.31. The van der Waals surface area contributed by atoms with Crippen LogP contribution < -0.4 is 4.90 Å². The zero-order chi connectivity index (χ0) is 13.1. The molecule has 0 N–H and O–H groups in total. The fraction of sp³-hybridized carbons (Fsp3) is 0.600. The molecule has 96 valence electrons. The van der Waals surface area contributed by atoms with Crippen LogP contribution in [0, 0.1) is 13.8 Å². The third-order valence-electron chi connectivity index (χ3n) is 2.08. The highest BCUT2D eigenvalue weighted by atomic mass is 35.5. The van der Waals surface area contributed by atoms with Crippen molar-refractivity contribution < 1.29 is 13.2 Å². The fourth-order valence-electron chi connectivity index (χ4n) is 1.40. The summed E-state index contributed by atoms with van der Waals surface area (Å²) >= 11 is 5.51. The van der Waals surface area contributed by atoms with Crippen LogP contribution in [0.25, 0.3) is 0 Å². The van der Waals surface area contributed by atoms with Crippen LogP contribution in [-0.2, 0) is 0 Å². The number of rotatable bonds is 4. The first-order chi connectivity index (χ1) is 7.83. The molecule has 1 heterocycles. The standard InChI is InChI=1S/C10H13ClF3N3/c1-7-5-15-8(2)9(16-7)17(4-3-11)6-10(12,13)14/h5H,3-4,6H2,1-2H3. The lowest BCUT2D eigenvalue weighted by molar-refractivity contribution is -0.119. The van der Waals surface area contributed by atoms with E-state index in [1.54, 1.807) is 13.8 Å². The Balaban J connectivity index is 3.00. The lowest BCUT2D eigenvalue weighted by atomic mass is 10.3. The topological polar surface area (TPSA) is 29.0 Å². The predicted octanol–water partition coefficient (Wildman–Crippen LogP) is 2.70. The zero-order valence-corrected chi connectivity index (χ0v) is 10.3. The van der Waals surface area contributed by atoms with Crippen molar-refractivity contribution in [1.29, 1.82) is 0 Å². The van der Waals surface area contributed by atoms with Crippen molar-refractivity contribution in [2.45, 2.75) is 20.0 Å². The molecule has 0 saturated heterocycles. The fourth-order valence-corrected chi connectivity index (χ4v) is 1.61. The van der Waals surface area contributed by atoms with Crippen molar-refractivity contribution in [3.8, 4) is 0 Å². The lowest BCUT2D eigenvalue weighted by Crippen LogP contribution is -2.37. The molecular weight excluding hydrogens is 255 g/mol. The van der Waals surface area contributed by atoms with Gasteiger partial charge in [0.25, 0.3) is 0 Å². The number of hydrogen-bond acceptors (Lipinski definition) is 3. The maximum absolute atomic E-state index is 12.4. The quantitative estimate of drug-likeness (QED) is 0.786. The molecule has 0 spiro atoms. The van der Waals surface area contributed by atoms with Crippen LogP contribution in [0.5, 0.6) is 0 Å². The average molecular weight is 268 g/mol. The van der Waals surface area contributed by atoms with E-state index in [1.807, 2.05) is 0 Å². The first-order valence-electron chi connectivity index (χ1n) is 5.01. The summed E-state index contributed by atoms with van der Waals surface area (Å²) in [6.45, 7) is 2.32. The Morgan fingerprint density at radius 2 is 2.00 bits per heavy atom. The number of aromatic nitrogens is 2. The largest absolute Gasteiger partial charge is 0.405 e. The Kier molecular flexibility index (Phi) is 4.56. The van der Waals surface area contributed by atoms with E-state index in [9.17, 15) is 13.2 Å². The van der Waals surface area contributed by atoms with E-state index in [1.165, 1.54) is 6.20 Å². The summed E-state index contributed by atoms with van der Waals surface area (Å²) in [6, 6.07) is 0. The van der Waals surface area contributed by atoms with Crippen molar-refractivity contribution in [2.24, 2.45) is 0 Å². The van der Waals surface area contributed by atoms with E-state index in [2.05, 4.69) is 9.97 Å². The molecule has 0 aliphatic rings. The molecular formula is C10H13ClF3N3. The molecule has 0 radical (unpaired) electrons. The summed E-state index contributed by atoms with van der Waals surface area (Å²) in [6.07, 6.45) is -2.77. The molecule has 0 fully saturated rings. The van der Waals surface area contributed by atoms with Gasteiger partial charge in [0.1, 0.15) is 6.54 Å². The van der Waals surface area contributed by atoms with Gasteiger partial charge in [0, 0.05) is 18.6 Å². The zero-order valence-electron chi connectivity index (χ0n) is 9.55. The number of anilines is 1. The number of hydrogen-bond donors (Lipinski definition) is 0. The molecule has 0 aliphatic carbocycles. The van der Waals surface area contributed by atoms with Gasteiger partial charge in [0.2, 0.25) is 0 Å². The molecule has 0 aliphatic heterocycles. The van der Waals surface area contributed by atoms with Crippen LogP contribution in [0.4, 0.5) is 19.0 Å². The first kappa shape index (κ1) is 14.0. The van der Waals surface area contributed by atoms with E-state index in [0.29, 0.717) is 11.4 Å². The molecule has 0 atom stereocenters. The van der Waals surface area contributed by atoms with E-state index in [4.69, 9.17) is 11.6 Å². The molecule has 3 nitrogen and oxygen atoms in total. The van der Waals surface area contributed by atoms with E-state index in [-0.39, 0.29) is 18.2 Å². The van der Waals surface area contributed by atoms with Crippen molar-refractivity contribution >= 4 is 17.4 Å². The molecule has 1 aromatic heterocycles. The van der Waals surface area contributed by atoms with Gasteiger partial charge in [-0.2, -0.15) is 13.2 Å². The Morgan fingerprint density at radius 3 is 2.53 bits per heavy atom. The van der Waals surface area contributed by atoms with Gasteiger partial charge in [-0.25, -0.2) is 4.98 Å². The van der Waals surface area contributed by atoms with Crippen LogP contribution in [0.1, 0.15) is 11.4 Å². The summed E-state index contributed by atoms with van der Waals surface area (Å²) < 4.78 is 37.2. The first-order valence-corrected chi connectivity index (χ1v) is 5.55. The van der Waals surface area contributed by atoms with Crippen molar-refractivity contribution in [1.82, 2.24) is 9.97 Å². The molecule has 7 heteroatoms. The predicted molar refractivity (Wildman–Crippen MR) is 60.5 cm³/mol. The summed E-state index contributed by atoms with van der Waals surface area (Å²) in [7, 11) is 0. The minimum atomic E-state index is -4.29. The number of nitrogens with zero attached hydrogens (tertiary/aromatic N) is 3. The van der Waals surface area contributed by atoms with E-state index >= 15 is 0 Å². The summed E-state index contributed by atoms with van der Waals surface area (Å²) in [5.74, 6) is 0.341. The van der Waals surface area contributed by atoms with Crippen LogP contribution in [-0.4, -0.2) is 35.1 Å². The van der Waals surface area contributed by atoms with Crippen LogP contribution in [0.3, 0.4) is 0 Å². The van der Waals surface area contributed by atoms with Gasteiger partial charge in [0.05, 0.1) is 11.4 Å². The van der Waals surface area contributed by atoms with Gasteiger partial charge in [0.15, 0.2) is 5.82 Å². The second-order valence-corrected chi connectivity index (χ2v) is 4.02. The molecule has 0 bridgehead atoms. The number of aryl methyl sites for hydroxylation is 2. The van der Waals surface area contributed by atoms with Crippen molar-refractivity contribution in [2.75, 3.05) is 23.9 Å². The highest BCUT2D eigenvalue weighted by Crippen LogP contribution is 2.22. The third-order valence-corrected chi connectivity index (χ3v) is 2.24. The Hall–Kier alpha value is -1.04. The van der Waals surface area contributed by atoms with Gasteiger partial charge >= 0.3 is 6.18 Å². The van der Waals surface area contributed by atoms with Gasteiger partial charge in [-0.05, 0) is 13.8 Å². The average Bonchev–Trinajstić information content (AvgIpc) is 2.19. The Bertz CT molecular complexity index is 382. The lowest BCUT2D eigenvalue weighted by Gasteiger charge is -2.25. The second-order valence-electron chi connectivity index (χ2n) is 3.65. The monoisotopic (exact) mass is 267 g/mol. The maximum atomic E-state index is 12.4. The van der Waals surface area contributed by atoms with Gasteiger partial charge in [-0.1, -0.05) is 0 Å². The Morgan fingerprint density at radius 1 is 1.35 bits per heavy atom. The molecule has 0 unspecified atom stereocenters. The smallest absolute Gasteiger partial charge is 0.345 e. The molecule has 1 aromatic rings. The second kappa shape index (κ2) is 5.53. The van der Waals surface area contributed by atoms with Gasteiger partial charge in [-0.3, -0.25) is 4.98 Å². The summed E-state index contributed by atoms with van der Waals surface area (Å²) in [4.78, 5) is 9.18. The van der Waals surface area contributed by atoms with Crippen LogP contribution in [0.15, 0.2) is 6.20 Å². The van der Waals surface area contributed by atoms with E-state index in [0.717, 1.165) is 4.90 Å². The summed E-state index contributed by atoms with van der Waals surface area (Å²) in [5, 5.41) is 0. The molecule has 0 aromatic carbocycles. The highest BCUT2D eigenvalue weighted by molar-refractivity contribution is 6.18. The Labute approximate surface area is 103 Å². The van der Waals surface area contributed by atoms with Crippen molar-refractivity contribution in [3.05, 3.63) is 17.6 Å². The minimum Gasteiger partial charge on any atom is -0.345 e. The molecule has 0 amide bonds. The number of alkyl halides is 4. The minimum absolute atomic E-state index is 0.0834. The molecule has 0 saturated carbocycles. The molecule has 1 rings (SSSR count). The van der Waals surface area contributed by atoms with Crippen molar-refractivity contribution in [3.63, 3.8) is 0 Å². The third kappa shape index (κ3) is 4.38.